The Hall–Kier alpha value is -4.87. The van der Waals surface area contributed by atoms with Crippen molar-refractivity contribution in [2.24, 2.45) is 20.0 Å². The van der Waals surface area contributed by atoms with Gasteiger partial charge in [0.2, 0.25) is 0 Å². The Morgan fingerprint density at radius 3 is 0.716 bits per heavy atom. The van der Waals surface area contributed by atoms with Crippen LogP contribution in [-0.2, 0) is 16.5 Å². The van der Waals surface area contributed by atoms with Crippen molar-refractivity contribution in [1.29, 1.82) is 0 Å². The number of nitrogens with zero attached hydrogens (tertiary/aromatic N) is 4. The van der Waals surface area contributed by atoms with Crippen LogP contribution in [0, 0.1) is 0 Å². The zero-order chi connectivity index (χ0) is 55.3. The van der Waals surface area contributed by atoms with Gasteiger partial charge < -0.3 is 10.2 Å². The third-order valence-corrected chi connectivity index (χ3v) is 12.9. The molecule has 0 saturated heterocycles. The van der Waals surface area contributed by atoms with E-state index in [-0.39, 0.29) is 28.0 Å². The molecule has 0 amide bonds. The van der Waals surface area contributed by atoms with Crippen molar-refractivity contribution in [3.8, 4) is 0 Å². The van der Waals surface area contributed by atoms with Gasteiger partial charge in [0.05, 0.1) is 22.7 Å². The molecule has 0 N–H and O–H groups in total. The van der Waals surface area contributed by atoms with Crippen molar-refractivity contribution in [2.45, 2.75) is 232 Å². The first-order valence-corrected chi connectivity index (χ1v) is 27.7. The van der Waals surface area contributed by atoms with E-state index >= 15 is 0 Å². The summed E-state index contributed by atoms with van der Waals surface area (Å²) in [6, 6.07) is 25.6. The van der Waals surface area contributed by atoms with Gasteiger partial charge in [0.15, 0.2) is 0 Å². The van der Waals surface area contributed by atoms with E-state index in [1.807, 2.05) is 27.7 Å². The maximum atomic E-state index is 12.9. The first-order chi connectivity index (χ1) is 34.2. The van der Waals surface area contributed by atoms with Crippen LogP contribution in [0.3, 0.4) is 0 Å². The molecule has 408 valence electrons. The van der Waals surface area contributed by atoms with Crippen LogP contribution in [0.15, 0.2) is 116 Å². The summed E-state index contributed by atoms with van der Waals surface area (Å²) >= 11 is 0. The van der Waals surface area contributed by atoms with Crippen molar-refractivity contribution in [1.82, 2.24) is 0 Å². The van der Waals surface area contributed by atoms with E-state index in [1.165, 1.54) is 63.8 Å². The van der Waals surface area contributed by atoms with Crippen LogP contribution < -0.4 is 10.2 Å². The molecule has 4 aromatic carbocycles. The van der Waals surface area contributed by atoms with Crippen molar-refractivity contribution >= 4 is 45.6 Å². The maximum Gasteiger partial charge on any atom is 2.00 e. The van der Waals surface area contributed by atoms with Gasteiger partial charge in [-0.2, -0.15) is 0 Å². The SMILES string of the molecule is CC(/C=C(\[O-])CC(C)=Nc1c(C(C)C)cccc1C(C)C)=Nc1c(C(C)C)cccc1C(C)C.CC(/C=C(\[O-])CC(C)=Nc1c(C(C)C)cccc1C(C)C)=Nc1c(C(C)C)cccc1C(C)C.CCCCC.[Ni+2]. The molecular formula is C67H98N4NiO2. The molecule has 0 bridgehead atoms. The average molecular weight is 1050 g/mol. The molecule has 4 aromatic rings. The van der Waals surface area contributed by atoms with Gasteiger partial charge >= 0.3 is 16.5 Å². The van der Waals surface area contributed by atoms with Crippen LogP contribution in [0.25, 0.3) is 0 Å². The summed E-state index contributed by atoms with van der Waals surface area (Å²) in [5.41, 5.74) is 17.0. The number of rotatable bonds is 20. The first kappa shape index (κ1) is 67.1. The van der Waals surface area contributed by atoms with Crippen LogP contribution in [0.4, 0.5) is 22.7 Å². The summed E-state index contributed by atoms with van der Waals surface area (Å²) in [6.45, 7) is 47.1. The summed E-state index contributed by atoms with van der Waals surface area (Å²) in [5, 5.41) is 25.8. The minimum absolute atomic E-state index is 0. The molecule has 0 spiro atoms. The van der Waals surface area contributed by atoms with Crippen molar-refractivity contribution in [3.05, 3.63) is 141 Å². The zero-order valence-electron chi connectivity index (χ0n) is 50.2. The van der Waals surface area contributed by atoms with E-state index in [9.17, 15) is 10.2 Å². The molecule has 0 saturated carbocycles. The van der Waals surface area contributed by atoms with Gasteiger partial charge in [-0.3, -0.25) is 20.0 Å². The zero-order valence-corrected chi connectivity index (χ0v) is 51.1. The molecule has 0 fully saturated rings. The molecule has 4 rings (SSSR count). The minimum atomic E-state index is 0. The monoisotopic (exact) mass is 1050 g/mol. The average Bonchev–Trinajstić information content (AvgIpc) is 3.28. The molecule has 0 aliphatic carbocycles. The fourth-order valence-electron chi connectivity index (χ4n) is 8.87. The van der Waals surface area contributed by atoms with Crippen LogP contribution in [0.5, 0.6) is 0 Å². The predicted octanol–water partition coefficient (Wildman–Crippen LogP) is 19.6. The molecule has 74 heavy (non-hydrogen) atoms. The number of para-hydroxylation sites is 4. The molecule has 0 aliphatic heterocycles. The van der Waals surface area contributed by atoms with Crippen LogP contribution >= 0.6 is 0 Å². The van der Waals surface area contributed by atoms with Crippen molar-refractivity contribution in [3.63, 3.8) is 0 Å². The molecular weight excluding hydrogens is 951 g/mol. The molecule has 6 nitrogen and oxygen atoms in total. The third-order valence-electron chi connectivity index (χ3n) is 12.9. The molecule has 0 atom stereocenters. The topological polar surface area (TPSA) is 95.6 Å². The Labute approximate surface area is 462 Å². The Morgan fingerprint density at radius 1 is 0.365 bits per heavy atom. The van der Waals surface area contributed by atoms with E-state index < -0.39 is 0 Å². The second-order valence-electron chi connectivity index (χ2n) is 22.5. The fourth-order valence-corrected chi connectivity index (χ4v) is 8.87. The molecule has 0 heterocycles. The van der Waals surface area contributed by atoms with Gasteiger partial charge in [-0.15, -0.1) is 11.5 Å². The summed E-state index contributed by atoms with van der Waals surface area (Å²) in [5.74, 6) is 3.02. The second-order valence-corrected chi connectivity index (χ2v) is 22.5. The first-order valence-electron chi connectivity index (χ1n) is 27.7. The van der Waals surface area contributed by atoms with Gasteiger partial charge in [-0.25, -0.2) is 0 Å². The normalized spacial score (nSPS) is 13.1. The standard InChI is InChI=1S/2C31H44N2O.C5H12.Ni/c2*1-19(2)26-13-11-14-27(20(3)4)30(26)32-23(9)17-25(34)18-24(10)33-31-28(21(5)6)15-12-16-29(31)22(7)8;1-3-5-4-2;/h2*11-17,19-22,34H,18H2,1-10H3;3-5H2,1-2H3;/q;;;+2/p-2/b2*25-17-,32-23?,33-24?;;. The molecule has 0 aliphatic rings. The Balaban J connectivity index is 0.000000669. The third kappa shape index (κ3) is 21.4. The van der Waals surface area contributed by atoms with Crippen LogP contribution in [0.1, 0.15) is 276 Å². The number of hydrogen-bond acceptors (Lipinski definition) is 6. The smallest absolute Gasteiger partial charge is 0.875 e. The summed E-state index contributed by atoms with van der Waals surface area (Å²) in [7, 11) is 0. The number of hydrogen-bond donors (Lipinski definition) is 0. The van der Waals surface area contributed by atoms with Crippen LogP contribution in [0.2, 0.25) is 0 Å². The maximum absolute atomic E-state index is 12.9. The molecule has 0 aromatic heterocycles. The number of benzene rings is 4. The minimum Gasteiger partial charge on any atom is -0.875 e. The van der Waals surface area contributed by atoms with Gasteiger partial charge in [-0.1, -0.05) is 229 Å². The van der Waals surface area contributed by atoms with Crippen LogP contribution in [-0.4, -0.2) is 22.8 Å². The van der Waals surface area contributed by atoms with Crippen molar-refractivity contribution < 1.29 is 26.7 Å². The van der Waals surface area contributed by atoms with Gasteiger partial charge in [0.1, 0.15) is 0 Å². The second kappa shape index (κ2) is 33.2. The number of allylic oxidation sites excluding steroid dienone is 4. The number of unbranched alkanes of at least 4 members (excludes halogenated alkanes) is 2. The Morgan fingerprint density at radius 2 is 0.554 bits per heavy atom. The van der Waals surface area contributed by atoms with Gasteiger partial charge in [0, 0.05) is 22.8 Å². The van der Waals surface area contributed by atoms with Gasteiger partial charge in [0.25, 0.3) is 0 Å². The Kier molecular flexibility index (Phi) is 30.2. The van der Waals surface area contributed by atoms with Crippen molar-refractivity contribution in [2.75, 3.05) is 0 Å². The fraction of sp³-hybridized carbons (Fsp3) is 0.522. The quantitative estimate of drug-likeness (QED) is 0.0501. The largest absolute Gasteiger partial charge is 2.00 e. The summed E-state index contributed by atoms with van der Waals surface area (Å²) < 4.78 is 0. The van der Waals surface area contributed by atoms with E-state index in [1.54, 1.807) is 12.2 Å². The molecule has 7 heteroatoms. The Bertz CT molecular complexity index is 2270. The van der Waals surface area contributed by atoms with E-state index in [0.717, 1.165) is 45.6 Å². The number of aliphatic imine (C=N–C) groups is 4. The summed E-state index contributed by atoms with van der Waals surface area (Å²) in [4.78, 5) is 19.7. The molecule has 0 radical (unpaired) electrons. The van der Waals surface area contributed by atoms with E-state index in [4.69, 9.17) is 20.0 Å². The van der Waals surface area contributed by atoms with E-state index in [0.29, 0.717) is 60.2 Å². The summed E-state index contributed by atoms with van der Waals surface area (Å²) in [6.07, 6.45) is 7.99. The van der Waals surface area contributed by atoms with Gasteiger partial charge in [-0.05, 0) is 132 Å². The molecule has 0 unspecified atom stereocenters. The van der Waals surface area contributed by atoms with E-state index in [2.05, 4.69) is 197 Å². The predicted molar refractivity (Wildman–Crippen MR) is 320 cm³/mol.